The summed E-state index contributed by atoms with van der Waals surface area (Å²) in [5.41, 5.74) is 0. The molecule has 6 heteroatoms. The van der Waals surface area contributed by atoms with Gasteiger partial charge in [-0.3, -0.25) is 4.18 Å². The van der Waals surface area contributed by atoms with Gasteiger partial charge in [0, 0.05) is 0 Å². The third kappa shape index (κ3) is 15.3. The fourth-order valence-corrected chi connectivity index (χ4v) is 1.41. The smallest absolute Gasteiger partial charge is 1.00 e. The zero-order chi connectivity index (χ0) is 10.2. The minimum absolute atomic E-state index is 0. The van der Waals surface area contributed by atoms with Crippen molar-refractivity contribution in [3.63, 3.8) is 0 Å². The SMILES string of the molecule is CCCCCCCCOS(N)(=O)=O.[H-].[Na+]. The molecule has 2 N–H and O–H groups in total. The molecular weight excluding hydrogens is 213 g/mol. The van der Waals surface area contributed by atoms with E-state index in [4.69, 9.17) is 0 Å². The van der Waals surface area contributed by atoms with Crippen molar-refractivity contribution in [3.05, 3.63) is 0 Å². The standard InChI is InChI=1S/C8H19NO3S.Na.H/c1-2-3-4-5-6-7-8-12-13(9,10)11;;/h2-8H2,1H3,(H2,9,10,11);;/q;+1;-1. The molecule has 82 valence electrons. The first kappa shape index (κ1) is 17.3. The number of unbranched alkanes of at least 4 members (excludes halogenated alkanes) is 5. The van der Waals surface area contributed by atoms with Gasteiger partial charge in [-0.05, 0) is 6.42 Å². The summed E-state index contributed by atoms with van der Waals surface area (Å²) >= 11 is 0. The fraction of sp³-hybridized carbons (Fsp3) is 1.00. The van der Waals surface area contributed by atoms with Crippen molar-refractivity contribution >= 4 is 10.3 Å². The molecule has 0 aromatic carbocycles. The van der Waals surface area contributed by atoms with Gasteiger partial charge in [-0.1, -0.05) is 39.0 Å². The Morgan fingerprint density at radius 1 is 1.14 bits per heavy atom. The Bertz CT molecular complexity index is 212. The molecule has 0 saturated carbocycles. The molecule has 0 aliphatic rings. The zero-order valence-electron chi connectivity index (χ0n) is 10.2. The second kappa shape index (κ2) is 10.4. The number of nitrogens with two attached hydrogens (primary N) is 1. The van der Waals surface area contributed by atoms with E-state index >= 15 is 0 Å². The van der Waals surface area contributed by atoms with Crippen LogP contribution < -0.4 is 34.7 Å². The van der Waals surface area contributed by atoms with E-state index in [1.807, 2.05) is 0 Å². The molecule has 0 amide bonds. The van der Waals surface area contributed by atoms with E-state index < -0.39 is 10.3 Å². The van der Waals surface area contributed by atoms with Gasteiger partial charge in [-0.2, -0.15) is 8.42 Å². The van der Waals surface area contributed by atoms with Crippen molar-refractivity contribution in [2.45, 2.75) is 45.4 Å². The molecular formula is C8H20NNaO3S. The summed E-state index contributed by atoms with van der Waals surface area (Å²) in [6, 6.07) is 0. The minimum atomic E-state index is -3.72. The molecule has 0 unspecified atom stereocenters. The number of hydrogen-bond acceptors (Lipinski definition) is 3. The Morgan fingerprint density at radius 2 is 1.64 bits per heavy atom. The molecule has 0 atom stereocenters. The van der Waals surface area contributed by atoms with Crippen molar-refractivity contribution in [1.29, 1.82) is 0 Å². The maximum Gasteiger partial charge on any atom is 1.00 e. The molecule has 0 bridgehead atoms. The third-order valence-electron chi connectivity index (χ3n) is 1.75. The predicted molar refractivity (Wildman–Crippen MR) is 53.5 cm³/mol. The van der Waals surface area contributed by atoms with Gasteiger partial charge in [-0.25, -0.2) is 5.14 Å². The van der Waals surface area contributed by atoms with E-state index in [-0.39, 0.29) is 37.6 Å². The fourth-order valence-electron chi connectivity index (χ4n) is 1.06. The first-order chi connectivity index (χ1) is 6.06. The average molecular weight is 233 g/mol. The summed E-state index contributed by atoms with van der Waals surface area (Å²) in [7, 11) is -3.72. The third-order valence-corrected chi connectivity index (χ3v) is 2.24. The van der Waals surface area contributed by atoms with E-state index in [1.165, 1.54) is 19.3 Å². The molecule has 0 fully saturated rings. The molecule has 0 radical (unpaired) electrons. The van der Waals surface area contributed by atoms with Gasteiger partial charge < -0.3 is 1.43 Å². The Hall–Kier alpha value is 0.870. The Balaban J connectivity index is -0.000000720. The maximum absolute atomic E-state index is 10.3. The van der Waals surface area contributed by atoms with Crippen LogP contribution in [0, 0.1) is 0 Å². The number of hydrogen-bond donors (Lipinski definition) is 1. The molecule has 0 aliphatic carbocycles. The quantitative estimate of drug-likeness (QED) is 0.418. The average Bonchev–Trinajstić information content (AvgIpc) is 2.01. The first-order valence-corrected chi connectivity index (χ1v) is 6.20. The van der Waals surface area contributed by atoms with Gasteiger partial charge >= 0.3 is 39.9 Å². The second-order valence-electron chi connectivity index (χ2n) is 3.08. The van der Waals surface area contributed by atoms with Gasteiger partial charge in [0.15, 0.2) is 0 Å². The van der Waals surface area contributed by atoms with Crippen molar-refractivity contribution < 1.29 is 43.6 Å². The van der Waals surface area contributed by atoms with Crippen LogP contribution in [0.25, 0.3) is 0 Å². The van der Waals surface area contributed by atoms with Crippen LogP contribution in [0.15, 0.2) is 0 Å². The Kier molecular flexibility index (Phi) is 12.8. The molecule has 14 heavy (non-hydrogen) atoms. The minimum Gasteiger partial charge on any atom is -1.00 e. The van der Waals surface area contributed by atoms with E-state index in [1.54, 1.807) is 0 Å². The van der Waals surface area contributed by atoms with Crippen molar-refractivity contribution in [3.8, 4) is 0 Å². The molecule has 0 spiro atoms. The molecule has 0 aromatic rings. The normalized spacial score (nSPS) is 11.0. The van der Waals surface area contributed by atoms with Crippen molar-refractivity contribution in [2.24, 2.45) is 5.14 Å². The topological polar surface area (TPSA) is 69.4 Å². The Labute approximate surface area is 111 Å². The summed E-state index contributed by atoms with van der Waals surface area (Å²) in [5.74, 6) is 0. The second-order valence-corrected chi connectivity index (χ2v) is 4.30. The van der Waals surface area contributed by atoms with Crippen LogP contribution in [-0.2, 0) is 14.5 Å². The molecule has 0 rings (SSSR count). The van der Waals surface area contributed by atoms with Crippen molar-refractivity contribution in [2.75, 3.05) is 6.61 Å². The molecule has 0 saturated heterocycles. The summed E-state index contributed by atoms with van der Waals surface area (Å²) < 4.78 is 25.0. The van der Waals surface area contributed by atoms with Crippen LogP contribution in [-0.4, -0.2) is 15.0 Å². The van der Waals surface area contributed by atoms with Crippen LogP contribution in [0.4, 0.5) is 0 Å². The molecule has 0 heterocycles. The largest absolute Gasteiger partial charge is 1.00 e. The van der Waals surface area contributed by atoms with Crippen molar-refractivity contribution in [1.82, 2.24) is 0 Å². The van der Waals surface area contributed by atoms with Gasteiger partial charge in [0.05, 0.1) is 6.61 Å². The summed E-state index contributed by atoms with van der Waals surface area (Å²) in [4.78, 5) is 0. The van der Waals surface area contributed by atoms with E-state index in [0.29, 0.717) is 0 Å². The van der Waals surface area contributed by atoms with Gasteiger partial charge in [0.25, 0.3) is 0 Å². The van der Waals surface area contributed by atoms with Gasteiger partial charge in [0.2, 0.25) is 0 Å². The van der Waals surface area contributed by atoms with E-state index in [2.05, 4.69) is 16.2 Å². The molecule has 0 aromatic heterocycles. The van der Waals surface area contributed by atoms with Crippen LogP contribution in [0.3, 0.4) is 0 Å². The van der Waals surface area contributed by atoms with Crippen LogP contribution in [0.2, 0.25) is 0 Å². The maximum atomic E-state index is 10.3. The summed E-state index contributed by atoms with van der Waals surface area (Å²) in [6.45, 7) is 2.37. The van der Waals surface area contributed by atoms with E-state index in [9.17, 15) is 8.42 Å². The monoisotopic (exact) mass is 233 g/mol. The predicted octanol–water partition coefficient (Wildman–Crippen LogP) is -1.32. The Morgan fingerprint density at radius 3 is 2.14 bits per heavy atom. The first-order valence-electron chi connectivity index (χ1n) is 4.73. The summed E-state index contributed by atoms with van der Waals surface area (Å²) in [6.07, 6.45) is 6.59. The van der Waals surface area contributed by atoms with Crippen LogP contribution >= 0.6 is 0 Å². The van der Waals surface area contributed by atoms with Gasteiger partial charge in [0.1, 0.15) is 0 Å². The molecule has 0 aliphatic heterocycles. The molecule has 4 nitrogen and oxygen atoms in total. The van der Waals surface area contributed by atoms with E-state index in [0.717, 1.165) is 19.3 Å². The van der Waals surface area contributed by atoms with Crippen LogP contribution in [0.5, 0.6) is 0 Å². The zero-order valence-corrected chi connectivity index (χ0v) is 12.0. The summed E-state index contributed by atoms with van der Waals surface area (Å²) in [5, 5.41) is 4.65. The van der Waals surface area contributed by atoms with Gasteiger partial charge in [-0.15, -0.1) is 0 Å². The van der Waals surface area contributed by atoms with Crippen LogP contribution in [0.1, 0.15) is 46.9 Å². The number of rotatable bonds is 8.